The van der Waals surface area contributed by atoms with Crippen molar-refractivity contribution in [2.75, 3.05) is 6.61 Å². The van der Waals surface area contributed by atoms with Crippen molar-refractivity contribution >= 4 is 27.7 Å². The topological polar surface area (TPSA) is 67.2 Å². The highest BCUT2D eigenvalue weighted by Crippen LogP contribution is 2.20. The lowest BCUT2D eigenvalue weighted by Crippen LogP contribution is -2.18. The van der Waals surface area contributed by atoms with Crippen LogP contribution in [0.4, 0.5) is 0 Å². The molecule has 1 aromatic carbocycles. The van der Waals surface area contributed by atoms with Crippen LogP contribution in [0.1, 0.15) is 40.1 Å². The van der Waals surface area contributed by atoms with Crippen molar-refractivity contribution in [3.63, 3.8) is 0 Å². The van der Waals surface area contributed by atoms with Crippen molar-refractivity contribution in [2.45, 2.75) is 18.7 Å². The molecule has 0 radical (unpaired) electrons. The molecule has 18 heavy (non-hydrogen) atoms. The van der Waals surface area contributed by atoms with E-state index < -0.39 is 10.8 Å². The third kappa shape index (κ3) is 2.96. The Morgan fingerprint density at radius 1 is 1.50 bits per heavy atom. The van der Waals surface area contributed by atoms with E-state index >= 15 is 0 Å². The van der Waals surface area contributed by atoms with Crippen LogP contribution in [0.3, 0.4) is 0 Å². The Morgan fingerprint density at radius 3 is 2.67 bits per heavy atom. The van der Waals surface area contributed by atoms with Crippen molar-refractivity contribution < 1.29 is 14.3 Å². The second-order valence-electron chi connectivity index (χ2n) is 3.54. The van der Waals surface area contributed by atoms with E-state index in [4.69, 9.17) is 10.00 Å². The Kier molecular flexibility index (Phi) is 5.05. The van der Waals surface area contributed by atoms with Crippen LogP contribution in [0.25, 0.3) is 0 Å². The average Bonchev–Trinajstić information content (AvgIpc) is 2.37. The molecule has 0 bridgehead atoms. The zero-order valence-electron chi connectivity index (χ0n) is 10.1. The monoisotopic (exact) mass is 309 g/mol. The number of benzene rings is 1. The van der Waals surface area contributed by atoms with Crippen molar-refractivity contribution in [3.05, 3.63) is 34.9 Å². The number of rotatable bonds is 4. The number of ketones is 1. The molecular formula is C13H12BrNO3. The van der Waals surface area contributed by atoms with Crippen LogP contribution in [0, 0.1) is 11.3 Å². The lowest BCUT2D eigenvalue weighted by molar-refractivity contribution is 0.0523. The van der Waals surface area contributed by atoms with Gasteiger partial charge in [0.1, 0.15) is 0 Å². The van der Waals surface area contributed by atoms with Crippen LogP contribution in [0.15, 0.2) is 18.2 Å². The number of nitrogens with zero attached hydrogens (tertiary/aromatic N) is 1. The first-order valence-electron chi connectivity index (χ1n) is 5.41. The Labute approximate surface area is 114 Å². The predicted molar refractivity (Wildman–Crippen MR) is 69.8 cm³/mol. The molecule has 0 fully saturated rings. The van der Waals surface area contributed by atoms with Crippen LogP contribution in [-0.2, 0) is 4.74 Å². The summed E-state index contributed by atoms with van der Waals surface area (Å²) in [5.41, 5.74) is 0.423. The molecule has 0 amide bonds. The van der Waals surface area contributed by atoms with E-state index in [2.05, 4.69) is 15.9 Å². The van der Waals surface area contributed by atoms with Gasteiger partial charge in [0, 0.05) is 0 Å². The minimum Gasteiger partial charge on any atom is -0.462 e. The van der Waals surface area contributed by atoms with Crippen molar-refractivity contribution in [3.8, 4) is 6.07 Å². The minimum atomic E-state index is -0.592. The van der Waals surface area contributed by atoms with E-state index in [1.807, 2.05) is 6.07 Å². The third-order valence-corrected chi connectivity index (χ3v) is 2.70. The lowest BCUT2D eigenvalue weighted by atomic mass is 9.96. The van der Waals surface area contributed by atoms with E-state index in [1.54, 1.807) is 19.9 Å². The van der Waals surface area contributed by atoms with Gasteiger partial charge in [0.25, 0.3) is 0 Å². The fraction of sp³-hybridized carbons (Fsp3) is 0.308. The normalized spacial score (nSPS) is 11.4. The van der Waals surface area contributed by atoms with Gasteiger partial charge >= 0.3 is 5.97 Å². The Balaban J connectivity index is 3.39. The molecule has 0 saturated carbocycles. The number of hydrogen-bond donors (Lipinski definition) is 0. The van der Waals surface area contributed by atoms with Gasteiger partial charge in [0.05, 0.1) is 34.2 Å². The Bertz CT molecular complexity index is 517. The van der Waals surface area contributed by atoms with E-state index in [0.717, 1.165) is 0 Å². The highest BCUT2D eigenvalue weighted by atomic mass is 79.9. The molecule has 0 aromatic heterocycles. The van der Waals surface area contributed by atoms with Crippen LogP contribution in [-0.4, -0.2) is 23.2 Å². The Morgan fingerprint density at radius 2 is 2.17 bits per heavy atom. The molecule has 0 heterocycles. The maximum absolute atomic E-state index is 12.0. The summed E-state index contributed by atoms with van der Waals surface area (Å²) in [7, 11) is 0. The molecule has 1 atom stereocenters. The van der Waals surface area contributed by atoms with Gasteiger partial charge in [0.2, 0.25) is 0 Å². The summed E-state index contributed by atoms with van der Waals surface area (Å²) in [6.45, 7) is 3.54. The van der Waals surface area contributed by atoms with E-state index in [0.29, 0.717) is 0 Å². The number of carbonyl (C=O) groups is 2. The first kappa shape index (κ1) is 14.4. The summed E-state index contributed by atoms with van der Waals surface area (Å²) in [6, 6.07) is 6.47. The first-order chi connectivity index (χ1) is 8.52. The highest BCUT2D eigenvalue weighted by molar-refractivity contribution is 9.10. The van der Waals surface area contributed by atoms with Gasteiger partial charge in [0.15, 0.2) is 5.78 Å². The second kappa shape index (κ2) is 6.31. The van der Waals surface area contributed by atoms with Gasteiger partial charge in [-0.25, -0.2) is 4.79 Å². The molecule has 0 saturated heterocycles. The quantitative estimate of drug-likeness (QED) is 0.487. The van der Waals surface area contributed by atoms with Gasteiger partial charge < -0.3 is 4.74 Å². The number of esters is 1. The van der Waals surface area contributed by atoms with Gasteiger partial charge in [-0.2, -0.15) is 5.26 Å². The predicted octanol–water partition coefficient (Wildman–Crippen LogP) is 2.70. The maximum atomic E-state index is 12.0. The number of hydrogen-bond acceptors (Lipinski definition) is 4. The second-order valence-corrected chi connectivity index (χ2v) is 4.91. The molecule has 0 spiro atoms. The largest absolute Gasteiger partial charge is 0.462 e. The van der Waals surface area contributed by atoms with Gasteiger partial charge in [-0.15, -0.1) is 0 Å². The van der Waals surface area contributed by atoms with Crippen LogP contribution in [0.5, 0.6) is 0 Å². The maximum Gasteiger partial charge on any atom is 0.338 e. The average molecular weight is 310 g/mol. The van der Waals surface area contributed by atoms with Crippen molar-refractivity contribution in [2.24, 2.45) is 0 Å². The zero-order valence-corrected chi connectivity index (χ0v) is 11.7. The van der Waals surface area contributed by atoms with Crippen molar-refractivity contribution in [1.82, 2.24) is 0 Å². The molecule has 0 aliphatic carbocycles. The molecule has 1 rings (SSSR count). The summed E-state index contributed by atoms with van der Waals surface area (Å²) in [6.07, 6.45) is 0. The SMILES string of the molecule is CCOC(=O)c1cccc(C#N)c1C(=O)C(C)Br. The van der Waals surface area contributed by atoms with Gasteiger partial charge in [-0.1, -0.05) is 22.0 Å². The van der Waals surface area contributed by atoms with Crippen LogP contribution in [0.2, 0.25) is 0 Å². The number of carbonyl (C=O) groups excluding carboxylic acids is 2. The molecule has 1 unspecified atom stereocenters. The number of alkyl halides is 1. The standard InChI is InChI=1S/C13H12BrNO3/c1-3-18-13(17)10-6-4-5-9(7-15)11(10)12(16)8(2)14/h4-6,8H,3H2,1-2H3. The minimum absolute atomic E-state index is 0.114. The van der Waals surface area contributed by atoms with Crippen molar-refractivity contribution in [1.29, 1.82) is 5.26 Å². The highest BCUT2D eigenvalue weighted by Gasteiger charge is 2.24. The van der Waals surface area contributed by atoms with Crippen LogP contribution < -0.4 is 0 Å². The molecule has 4 nitrogen and oxygen atoms in total. The first-order valence-corrected chi connectivity index (χ1v) is 6.33. The summed E-state index contributed by atoms with van der Waals surface area (Å²) < 4.78 is 4.88. The Hall–Kier alpha value is -1.67. The van der Waals surface area contributed by atoms with Gasteiger partial charge in [-0.05, 0) is 26.0 Å². The molecule has 5 heteroatoms. The smallest absolute Gasteiger partial charge is 0.338 e. The van der Waals surface area contributed by atoms with E-state index in [-0.39, 0.29) is 29.1 Å². The summed E-state index contributed by atoms with van der Waals surface area (Å²) in [5.74, 6) is -0.902. The molecule has 1 aromatic rings. The number of ether oxygens (including phenoxy) is 1. The zero-order chi connectivity index (χ0) is 13.7. The number of Topliss-reactive ketones (excluding diaryl/α,β-unsaturated/α-hetero) is 1. The summed E-state index contributed by atoms with van der Waals surface area (Å²) in [5, 5.41) is 9.02. The summed E-state index contributed by atoms with van der Waals surface area (Å²) in [4.78, 5) is 23.3. The molecule has 0 N–H and O–H groups in total. The third-order valence-electron chi connectivity index (χ3n) is 2.29. The van der Waals surface area contributed by atoms with Crippen LogP contribution >= 0.6 is 15.9 Å². The molecule has 0 aliphatic rings. The fourth-order valence-electron chi connectivity index (χ4n) is 1.49. The molecule has 0 aliphatic heterocycles. The summed E-state index contributed by atoms with van der Waals surface area (Å²) >= 11 is 3.15. The molecule has 94 valence electrons. The lowest BCUT2D eigenvalue weighted by Gasteiger charge is -2.10. The molecular weight excluding hydrogens is 298 g/mol. The van der Waals surface area contributed by atoms with Gasteiger partial charge in [-0.3, -0.25) is 4.79 Å². The number of halogens is 1. The fourth-order valence-corrected chi connectivity index (χ4v) is 1.72. The number of nitriles is 1. The van der Waals surface area contributed by atoms with E-state index in [1.165, 1.54) is 12.1 Å². The van der Waals surface area contributed by atoms with E-state index in [9.17, 15) is 9.59 Å².